The second-order valence-corrected chi connectivity index (χ2v) is 10.2. The third kappa shape index (κ3) is 6.17. The molecule has 1 aliphatic heterocycles. The molecule has 0 radical (unpaired) electrons. The maximum Gasteiger partial charge on any atom is 0.417 e. The van der Waals surface area contributed by atoms with Crippen LogP contribution in [0.4, 0.5) is 4.79 Å². The molecule has 1 saturated heterocycles. The van der Waals surface area contributed by atoms with Gasteiger partial charge in [0.15, 0.2) is 0 Å². The second-order valence-electron chi connectivity index (χ2n) is 10.2. The summed E-state index contributed by atoms with van der Waals surface area (Å²) in [6, 6.07) is 7.96. The van der Waals surface area contributed by atoms with E-state index in [0.717, 1.165) is 29.2 Å². The van der Waals surface area contributed by atoms with Gasteiger partial charge in [-0.3, -0.25) is 4.79 Å². The SMILES string of the molecule is C[C@@H]1CN(C(=O)OC(C)(C)C)C(=O)[C@H](Cc2cn(-c3ccc(OC4CCCCC4)cc3)cn2)O1. The highest BCUT2D eigenvalue weighted by Crippen LogP contribution is 2.25. The van der Waals surface area contributed by atoms with Gasteiger partial charge in [-0.2, -0.15) is 0 Å². The molecule has 1 saturated carbocycles. The molecule has 0 bridgehead atoms. The Morgan fingerprint density at radius 2 is 1.85 bits per heavy atom. The number of imidazole rings is 1. The monoisotopic (exact) mass is 469 g/mol. The van der Waals surface area contributed by atoms with Gasteiger partial charge >= 0.3 is 6.09 Å². The Kier molecular flexibility index (Phi) is 7.26. The maximum atomic E-state index is 12.9. The summed E-state index contributed by atoms with van der Waals surface area (Å²) in [5.74, 6) is 0.486. The Balaban J connectivity index is 1.38. The summed E-state index contributed by atoms with van der Waals surface area (Å²) in [5, 5.41) is 0. The van der Waals surface area contributed by atoms with Crippen molar-refractivity contribution in [3.8, 4) is 11.4 Å². The van der Waals surface area contributed by atoms with Crippen LogP contribution in [-0.4, -0.2) is 56.9 Å². The Labute approximate surface area is 201 Å². The zero-order valence-electron chi connectivity index (χ0n) is 20.5. The van der Waals surface area contributed by atoms with Crippen molar-refractivity contribution in [3.05, 3.63) is 42.5 Å². The highest BCUT2D eigenvalue weighted by Gasteiger charge is 2.39. The van der Waals surface area contributed by atoms with E-state index >= 15 is 0 Å². The number of morpholine rings is 1. The van der Waals surface area contributed by atoms with Gasteiger partial charge < -0.3 is 18.8 Å². The smallest absolute Gasteiger partial charge is 0.417 e. The quantitative estimate of drug-likeness (QED) is 0.632. The number of nitrogens with zero attached hydrogens (tertiary/aromatic N) is 3. The van der Waals surface area contributed by atoms with E-state index in [1.54, 1.807) is 27.1 Å². The van der Waals surface area contributed by atoms with Crippen molar-refractivity contribution >= 4 is 12.0 Å². The summed E-state index contributed by atoms with van der Waals surface area (Å²) in [5.41, 5.74) is 0.984. The van der Waals surface area contributed by atoms with Crippen molar-refractivity contribution in [1.29, 1.82) is 0 Å². The van der Waals surface area contributed by atoms with Gasteiger partial charge in [-0.05, 0) is 77.6 Å². The van der Waals surface area contributed by atoms with Crippen LogP contribution in [-0.2, 0) is 20.7 Å². The maximum absolute atomic E-state index is 12.9. The average Bonchev–Trinajstić information content (AvgIpc) is 3.24. The van der Waals surface area contributed by atoms with Crippen LogP contribution in [0.1, 0.15) is 65.5 Å². The Morgan fingerprint density at radius 3 is 2.53 bits per heavy atom. The van der Waals surface area contributed by atoms with Crippen molar-refractivity contribution in [2.75, 3.05) is 6.54 Å². The van der Waals surface area contributed by atoms with E-state index < -0.39 is 23.7 Å². The first kappa shape index (κ1) is 24.3. The lowest BCUT2D eigenvalue weighted by Gasteiger charge is -2.35. The molecule has 8 heteroatoms. The normalized spacial score (nSPS) is 22.0. The molecule has 2 aromatic rings. The van der Waals surface area contributed by atoms with E-state index in [-0.39, 0.29) is 19.1 Å². The predicted octanol–water partition coefficient (Wildman–Crippen LogP) is 4.68. The molecule has 8 nitrogen and oxygen atoms in total. The molecule has 34 heavy (non-hydrogen) atoms. The van der Waals surface area contributed by atoms with Crippen LogP contribution in [0, 0.1) is 0 Å². The molecule has 0 unspecified atom stereocenters. The van der Waals surface area contributed by atoms with Gasteiger partial charge in [0.05, 0.1) is 30.8 Å². The molecule has 2 aliphatic rings. The molecule has 0 N–H and O–H groups in total. The van der Waals surface area contributed by atoms with E-state index in [1.165, 1.54) is 19.3 Å². The summed E-state index contributed by atoms with van der Waals surface area (Å²) in [6.07, 6.45) is 8.50. The van der Waals surface area contributed by atoms with E-state index in [2.05, 4.69) is 4.98 Å². The Morgan fingerprint density at radius 1 is 1.15 bits per heavy atom. The number of aromatic nitrogens is 2. The number of amides is 2. The number of hydrogen-bond donors (Lipinski definition) is 0. The summed E-state index contributed by atoms with van der Waals surface area (Å²) >= 11 is 0. The van der Waals surface area contributed by atoms with E-state index in [9.17, 15) is 9.59 Å². The standard InChI is InChI=1S/C26H35N3O5/c1-18-15-29(25(31)34-26(2,3)4)24(30)23(32-18)14-19-16-28(17-27-19)20-10-12-22(13-11-20)33-21-8-6-5-7-9-21/h10-13,16-18,21,23H,5-9,14-15H2,1-4H3/t18-,23+/m1/s1. The number of imide groups is 1. The van der Waals surface area contributed by atoms with Gasteiger partial charge in [0, 0.05) is 18.3 Å². The van der Waals surface area contributed by atoms with Gasteiger partial charge in [-0.1, -0.05) is 6.42 Å². The van der Waals surface area contributed by atoms with Crippen LogP contribution < -0.4 is 4.74 Å². The van der Waals surface area contributed by atoms with Crippen LogP contribution in [0.25, 0.3) is 5.69 Å². The van der Waals surface area contributed by atoms with E-state index in [4.69, 9.17) is 14.2 Å². The molecule has 1 aromatic carbocycles. The fourth-order valence-electron chi connectivity index (χ4n) is 4.39. The van der Waals surface area contributed by atoms with Gasteiger partial charge in [-0.15, -0.1) is 0 Å². The third-order valence-electron chi connectivity index (χ3n) is 6.01. The second kappa shape index (κ2) is 10.2. The zero-order chi connectivity index (χ0) is 24.3. The van der Waals surface area contributed by atoms with Gasteiger partial charge in [0.25, 0.3) is 5.91 Å². The van der Waals surface area contributed by atoms with Crippen LogP contribution >= 0.6 is 0 Å². The minimum Gasteiger partial charge on any atom is -0.490 e. The number of carbonyl (C=O) groups is 2. The van der Waals surface area contributed by atoms with Crippen molar-refractivity contribution in [1.82, 2.24) is 14.5 Å². The number of ether oxygens (including phenoxy) is 3. The summed E-state index contributed by atoms with van der Waals surface area (Å²) in [6.45, 7) is 7.34. The lowest BCUT2D eigenvalue weighted by atomic mass is 9.98. The molecule has 1 aromatic heterocycles. The highest BCUT2D eigenvalue weighted by atomic mass is 16.6. The molecule has 2 atom stereocenters. The first-order valence-corrected chi connectivity index (χ1v) is 12.2. The molecular weight excluding hydrogens is 434 g/mol. The Bertz CT molecular complexity index is 989. The van der Waals surface area contributed by atoms with Crippen molar-refractivity contribution < 1.29 is 23.8 Å². The molecule has 0 spiro atoms. The van der Waals surface area contributed by atoms with Gasteiger partial charge in [0.1, 0.15) is 17.5 Å². The lowest BCUT2D eigenvalue weighted by molar-refractivity contribution is -0.158. The van der Waals surface area contributed by atoms with Gasteiger partial charge in [0.2, 0.25) is 0 Å². The highest BCUT2D eigenvalue weighted by molar-refractivity contribution is 5.95. The molecular formula is C26H35N3O5. The third-order valence-corrected chi connectivity index (χ3v) is 6.01. The average molecular weight is 470 g/mol. The number of benzene rings is 1. The first-order chi connectivity index (χ1) is 16.2. The number of carbonyl (C=O) groups excluding carboxylic acids is 2. The minimum atomic E-state index is -0.786. The fourth-order valence-corrected chi connectivity index (χ4v) is 4.39. The molecule has 2 fully saturated rings. The molecule has 4 rings (SSSR count). The zero-order valence-corrected chi connectivity index (χ0v) is 20.5. The summed E-state index contributed by atoms with van der Waals surface area (Å²) in [7, 11) is 0. The summed E-state index contributed by atoms with van der Waals surface area (Å²) in [4.78, 5) is 31.0. The van der Waals surface area contributed by atoms with Crippen molar-refractivity contribution in [3.63, 3.8) is 0 Å². The first-order valence-electron chi connectivity index (χ1n) is 12.2. The van der Waals surface area contributed by atoms with Crippen LogP contribution in [0.2, 0.25) is 0 Å². The fraction of sp³-hybridized carbons (Fsp3) is 0.577. The predicted molar refractivity (Wildman–Crippen MR) is 127 cm³/mol. The van der Waals surface area contributed by atoms with Crippen molar-refractivity contribution in [2.45, 2.75) is 90.1 Å². The molecule has 184 valence electrons. The van der Waals surface area contributed by atoms with Gasteiger partial charge in [-0.25, -0.2) is 14.7 Å². The van der Waals surface area contributed by atoms with Crippen LogP contribution in [0.5, 0.6) is 5.75 Å². The largest absolute Gasteiger partial charge is 0.490 e. The number of hydrogen-bond acceptors (Lipinski definition) is 6. The number of rotatable bonds is 5. The summed E-state index contributed by atoms with van der Waals surface area (Å²) < 4.78 is 19.3. The molecule has 1 aliphatic carbocycles. The van der Waals surface area contributed by atoms with E-state index in [1.807, 2.05) is 42.0 Å². The lowest BCUT2D eigenvalue weighted by Crippen LogP contribution is -2.55. The molecule has 2 amide bonds. The van der Waals surface area contributed by atoms with Crippen molar-refractivity contribution in [2.24, 2.45) is 0 Å². The minimum absolute atomic E-state index is 0.175. The molecule has 2 heterocycles. The Hall–Kier alpha value is -2.87. The van der Waals surface area contributed by atoms with E-state index in [0.29, 0.717) is 11.8 Å². The van der Waals surface area contributed by atoms with Crippen LogP contribution in [0.15, 0.2) is 36.8 Å². The topological polar surface area (TPSA) is 82.9 Å². The van der Waals surface area contributed by atoms with Crippen LogP contribution in [0.3, 0.4) is 0 Å².